The van der Waals surface area contributed by atoms with E-state index in [1.54, 1.807) is 6.07 Å². The average Bonchev–Trinajstić information content (AvgIpc) is 2.08. The monoisotopic (exact) mass is 223 g/mol. The lowest BCUT2D eigenvalue weighted by Gasteiger charge is -2.11. The minimum absolute atomic E-state index is 0.134. The van der Waals surface area contributed by atoms with Crippen LogP contribution in [0.25, 0.3) is 0 Å². The number of hydrogen-bond donors (Lipinski definition) is 3. The molecule has 0 saturated carbocycles. The van der Waals surface area contributed by atoms with Crippen LogP contribution in [0.4, 0.5) is 11.4 Å². The van der Waals surface area contributed by atoms with E-state index in [0.717, 1.165) is 5.56 Å². The number of thiocarbonyl (C=S) groups is 1. The van der Waals surface area contributed by atoms with Gasteiger partial charge in [-0.15, -0.1) is 0 Å². The van der Waals surface area contributed by atoms with Crippen LogP contribution in [-0.4, -0.2) is 11.0 Å². The lowest BCUT2D eigenvalue weighted by atomic mass is 10.2. The highest BCUT2D eigenvalue weighted by molar-refractivity contribution is 7.80. The van der Waals surface area contributed by atoms with Gasteiger partial charge in [0.1, 0.15) is 0 Å². The molecule has 1 rings (SSSR count). The first-order valence-corrected chi connectivity index (χ1v) is 4.84. The minimum Gasteiger partial charge on any atom is -0.376 e. The number of rotatable bonds is 2. The number of nitrogens with one attached hydrogen (secondary N) is 2. The van der Waals surface area contributed by atoms with Gasteiger partial charge in [0, 0.05) is 6.92 Å². The van der Waals surface area contributed by atoms with Gasteiger partial charge in [-0.25, -0.2) is 0 Å². The molecule has 0 saturated heterocycles. The number of carbonyl (C=O) groups is 1. The van der Waals surface area contributed by atoms with Crippen molar-refractivity contribution in [2.24, 2.45) is 5.73 Å². The van der Waals surface area contributed by atoms with E-state index in [0.29, 0.717) is 11.4 Å². The molecule has 0 aliphatic heterocycles. The summed E-state index contributed by atoms with van der Waals surface area (Å²) in [5.74, 6) is -0.134. The number of nitrogens with two attached hydrogens (primary N) is 1. The zero-order valence-corrected chi connectivity index (χ0v) is 9.44. The van der Waals surface area contributed by atoms with Crippen molar-refractivity contribution in [3.8, 4) is 0 Å². The first kappa shape index (κ1) is 11.5. The molecule has 0 unspecified atom stereocenters. The van der Waals surface area contributed by atoms with E-state index in [2.05, 4.69) is 10.6 Å². The predicted molar refractivity (Wildman–Crippen MR) is 65.9 cm³/mol. The van der Waals surface area contributed by atoms with Gasteiger partial charge in [0.05, 0.1) is 11.4 Å². The summed E-state index contributed by atoms with van der Waals surface area (Å²) in [6.45, 7) is 3.40. The molecule has 5 heteroatoms. The molecule has 0 atom stereocenters. The van der Waals surface area contributed by atoms with Crippen molar-refractivity contribution in [2.45, 2.75) is 13.8 Å². The molecule has 0 fully saturated rings. The van der Waals surface area contributed by atoms with Crippen LogP contribution in [0.2, 0.25) is 0 Å². The minimum atomic E-state index is -0.134. The van der Waals surface area contributed by atoms with Crippen LogP contribution in [0.3, 0.4) is 0 Å². The molecular weight excluding hydrogens is 210 g/mol. The van der Waals surface area contributed by atoms with Gasteiger partial charge in [-0.05, 0) is 36.8 Å². The lowest BCUT2D eigenvalue weighted by molar-refractivity contribution is -0.114. The highest BCUT2D eigenvalue weighted by Crippen LogP contribution is 2.22. The summed E-state index contributed by atoms with van der Waals surface area (Å²) in [6.07, 6.45) is 0. The summed E-state index contributed by atoms with van der Waals surface area (Å²) in [6, 6.07) is 5.57. The van der Waals surface area contributed by atoms with Crippen molar-refractivity contribution in [1.82, 2.24) is 0 Å². The van der Waals surface area contributed by atoms with Gasteiger partial charge in [0.2, 0.25) is 5.91 Å². The number of amides is 1. The molecule has 80 valence electrons. The van der Waals surface area contributed by atoms with E-state index >= 15 is 0 Å². The molecule has 0 spiro atoms. The van der Waals surface area contributed by atoms with Crippen molar-refractivity contribution < 1.29 is 4.79 Å². The quantitative estimate of drug-likeness (QED) is 0.666. The zero-order chi connectivity index (χ0) is 11.4. The van der Waals surface area contributed by atoms with E-state index in [4.69, 9.17) is 18.0 Å². The zero-order valence-electron chi connectivity index (χ0n) is 8.63. The fourth-order valence-electron chi connectivity index (χ4n) is 1.19. The number of anilines is 2. The Morgan fingerprint density at radius 1 is 1.33 bits per heavy atom. The second-order valence-corrected chi connectivity index (χ2v) is 3.66. The van der Waals surface area contributed by atoms with Crippen LogP contribution in [0.15, 0.2) is 18.2 Å². The molecule has 1 aromatic rings. The molecule has 0 heterocycles. The van der Waals surface area contributed by atoms with E-state index in [1.807, 2.05) is 19.1 Å². The summed E-state index contributed by atoms with van der Waals surface area (Å²) in [4.78, 5) is 10.9. The fourth-order valence-corrected chi connectivity index (χ4v) is 1.30. The Morgan fingerprint density at radius 2 is 2.00 bits per heavy atom. The summed E-state index contributed by atoms with van der Waals surface area (Å²) < 4.78 is 0. The van der Waals surface area contributed by atoms with Gasteiger partial charge in [-0.2, -0.15) is 0 Å². The Kier molecular flexibility index (Phi) is 3.62. The molecule has 4 nitrogen and oxygen atoms in total. The van der Waals surface area contributed by atoms with Crippen LogP contribution in [0.5, 0.6) is 0 Å². The van der Waals surface area contributed by atoms with Crippen molar-refractivity contribution in [1.29, 1.82) is 0 Å². The van der Waals surface area contributed by atoms with Crippen molar-refractivity contribution in [3.05, 3.63) is 23.8 Å². The van der Waals surface area contributed by atoms with Crippen molar-refractivity contribution in [3.63, 3.8) is 0 Å². The Morgan fingerprint density at radius 3 is 2.53 bits per heavy atom. The summed E-state index contributed by atoms with van der Waals surface area (Å²) in [5, 5.41) is 5.68. The smallest absolute Gasteiger partial charge is 0.221 e. The molecule has 15 heavy (non-hydrogen) atoms. The topological polar surface area (TPSA) is 67.2 Å². The first-order chi connectivity index (χ1) is 6.99. The van der Waals surface area contributed by atoms with Gasteiger partial charge in [-0.3, -0.25) is 4.79 Å². The molecular formula is C10H13N3OS. The summed E-state index contributed by atoms with van der Waals surface area (Å²) in [5.41, 5.74) is 7.81. The third-order valence-corrected chi connectivity index (χ3v) is 1.85. The Bertz CT molecular complexity index is 404. The van der Waals surface area contributed by atoms with Crippen molar-refractivity contribution >= 4 is 34.6 Å². The van der Waals surface area contributed by atoms with Crippen molar-refractivity contribution in [2.75, 3.05) is 10.6 Å². The molecule has 1 aromatic carbocycles. The molecule has 0 aliphatic rings. The van der Waals surface area contributed by atoms with E-state index in [9.17, 15) is 4.79 Å². The van der Waals surface area contributed by atoms with Gasteiger partial charge < -0.3 is 16.4 Å². The van der Waals surface area contributed by atoms with Crippen LogP contribution >= 0.6 is 12.2 Å². The SMILES string of the molecule is CC(=O)Nc1ccc(C)cc1NC(N)=S. The van der Waals surface area contributed by atoms with Crippen LogP contribution < -0.4 is 16.4 Å². The number of carbonyl (C=O) groups excluding carboxylic acids is 1. The third kappa shape index (κ3) is 3.55. The van der Waals surface area contributed by atoms with Gasteiger partial charge in [0.25, 0.3) is 0 Å². The van der Waals surface area contributed by atoms with Crippen LogP contribution in [0.1, 0.15) is 12.5 Å². The average molecular weight is 223 g/mol. The molecule has 1 amide bonds. The Hall–Kier alpha value is -1.62. The predicted octanol–water partition coefficient (Wildman–Crippen LogP) is 1.61. The van der Waals surface area contributed by atoms with Gasteiger partial charge >= 0.3 is 0 Å². The number of benzene rings is 1. The first-order valence-electron chi connectivity index (χ1n) is 4.43. The molecule has 0 bridgehead atoms. The van der Waals surface area contributed by atoms with Crippen LogP contribution in [-0.2, 0) is 4.79 Å². The molecule has 0 aliphatic carbocycles. The fraction of sp³-hybridized carbons (Fsp3) is 0.200. The third-order valence-electron chi connectivity index (χ3n) is 1.74. The second-order valence-electron chi connectivity index (χ2n) is 3.22. The maximum Gasteiger partial charge on any atom is 0.221 e. The second kappa shape index (κ2) is 4.75. The Labute approximate surface area is 93.9 Å². The number of hydrogen-bond acceptors (Lipinski definition) is 2. The maximum atomic E-state index is 10.9. The largest absolute Gasteiger partial charge is 0.376 e. The maximum absolute atomic E-state index is 10.9. The summed E-state index contributed by atoms with van der Waals surface area (Å²) in [7, 11) is 0. The Balaban J connectivity index is 3.02. The molecule has 4 N–H and O–H groups in total. The highest BCUT2D eigenvalue weighted by atomic mass is 32.1. The van der Waals surface area contributed by atoms with Gasteiger partial charge in [0.15, 0.2) is 5.11 Å². The highest BCUT2D eigenvalue weighted by Gasteiger charge is 2.04. The normalized spacial score (nSPS) is 9.47. The van der Waals surface area contributed by atoms with E-state index < -0.39 is 0 Å². The van der Waals surface area contributed by atoms with Crippen LogP contribution in [0, 0.1) is 6.92 Å². The lowest BCUT2D eigenvalue weighted by Crippen LogP contribution is -2.20. The van der Waals surface area contributed by atoms with Gasteiger partial charge in [-0.1, -0.05) is 6.07 Å². The standard InChI is InChI=1S/C10H13N3OS/c1-6-3-4-8(12-7(2)14)9(5-6)13-10(11)15/h3-5H,1-2H3,(H,12,14)(H3,11,13,15). The molecule has 0 aromatic heterocycles. The molecule has 0 radical (unpaired) electrons. The van der Waals surface area contributed by atoms with E-state index in [1.165, 1.54) is 6.92 Å². The van der Waals surface area contributed by atoms with E-state index in [-0.39, 0.29) is 11.0 Å². The summed E-state index contributed by atoms with van der Waals surface area (Å²) >= 11 is 4.75. The number of aryl methyl sites for hydroxylation is 1.